The first-order valence-corrected chi connectivity index (χ1v) is 6.15. The Kier molecular flexibility index (Phi) is 3.65. The number of hydrogen-bond donors (Lipinski definition) is 1. The fourth-order valence-electron chi connectivity index (χ4n) is 2.15. The highest BCUT2D eigenvalue weighted by molar-refractivity contribution is 5.76. The molecular formula is C14H17FN2O. The Labute approximate surface area is 106 Å². The predicted octanol–water partition coefficient (Wildman–Crippen LogP) is 3.97. The van der Waals surface area contributed by atoms with Crippen molar-refractivity contribution in [2.75, 3.05) is 5.73 Å². The lowest BCUT2D eigenvalue weighted by atomic mass is 9.95. The van der Waals surface area contributed by atoms with Crippen LogP contribution in [0.25, 0.3) is 11.1 Å². The quantitative estimate of drug-likeness (QED) is 0.890. The first kappa shape index (κ1) is 12.6. The highest BCUT2D eigenvalue weighted by Crippen LogP contribution is 2.36. The van der Waals surface area contributed by atoms with E-state index in [-0.39, 0.29) is 17.6 Å². The number of aromatic nitrogens is 1. The van der Waals surface area contributed by atoms with Gasteiger partial charge in [0.2, 0.25) is 0 Å². The molecule has 4 heteroatoms. The Morgan fingerprint density at radius 2 is 2.11 bits per heavy atom. The number of anilines is 1. The van der Waals surface area contributed by atoms with Crippen LogP contribution >= 0.6 is 0 Å². The van der Waals surface area contributed by atoms with Gasteiger partial charge in [-0.3, -0.25) is 0 Å². The van der Waals surface area contributed by atoms with Gasteiger partial charge in [0.25, 0.3) is 0 Å². The van der Waals surface area contributed by atoms with Gasteiger partial charge in [-0.1, -0.05) is 43.6 Å². The molecule has 1 aromatic heterocycles. The molecule has 2 N–H and O–H groups in total. The fraction of sp³-hybridized carbons (Fsp3) is 0.357. The molecule has 2 rings (SSSR count). The van der Waals surface area contributed by atoms with Gasteiger partial charge in [0, 0.05) is 11.5 Å². The summed E-state index contributed by atoms with van der Waals surface area (Å²) < 4.78 is 19.1. The minimum absolute atomic E-state index is 0.175. The van der Waals surface area contributed by atoms with Crippen molar-refractivity contribution >= 4 is 5.82 Å². The van der Waals surface area contributed by atoms with Crippen LogP contribution in [0.4, 0.5) is 10.2 Å². The molecule has 0 aliphatic heterocycles. The van der Waals surface area contributed by atoms with Gasteiger partial charge in [0.1, 0.15) is 11.6 Å². The summed E-state index contributed by atoms with van der Waals surface area (Å²) in [6.07, 6.45) is 1.98. The van der Waals surface area contributed by atoms with Crippen molar-refractivity contribution in [2.45, 2.75) is 32.6 Å². The van der Waals surface area contributed by atoms with Crippen LogP contribution in [0, 0.1) is 5.82 Å². The molecule has 3 nitrogen and oxygen atoms in total. The van der Waals surface area contributed by atoms with Crippen LogP contribution in [0.1, 0.15) is 38.4 Å². The summed E-state index contributed by atoms with van der Waals surface area (Å²) >= 11 is 0. The molecule has 96 valence electrons. The van der Waals surface area contributed by atoms with E-state index in [1.54, 1.807) is 18.2 Å². The molecule has 0 aliphatic rings. The maximum absolute atomic E-state index is 13.8. The van der Waals surface area contributed by atoms with E-state index in [0.717, 1.165) is 12.8 Å². The van der Waals surface area contributed by atoms with Gasteiger partial charge in [-0.15, -0.1) is 0 Å². The van der Waals surface area contributed by atoms with Crippen LogP contribution in [0.15, 0.2) is 28.8 Å². The first-order chi connectivity index (χ1) is 8.65. The Hall–Kier alpha value is -1.84. The number of nitrogen functional groups attached to an aromatic ring is 1. The summed E-state index contributed by atoms with van der Waals surface area (Å²) in [6.45, 7) is 4.13. The number of nitrogens with two attached hydrogens (primary N) is 1. The van der Waals surface area contributed by atoms with Gasteiger partial charge < -0.3 is 10.3 Å². The normalized spacial score (nSPS) is 12.6. The minimum Gasteiger partial charge on any atom is -0.380 e. The lowest BCUT2D eigenvalue weighted by Crippen LogP contribution is -1.96. The lowest BCUT2D eigenvalue weighted by molar-refractivity contribution is 0.362. The predicted molar refractivity (Wildman–Crippen MR) is 69.6 cm³/mol. The maximum atomic E-state index is 13.8. The fourth-order valence-corrected chi connectivity index (χ4v) is 2.15. The van der Waals surface area contributed by atoms with Crippen molar-refractivity contribution in [3.8, 4) is 11.1 Å². The van der Waals surface area contributed by atoms with Crippen LogP contribution in [-0.2, 0) is 0 Å². The summed E-state index contributed by atoms with van der Waals surface area (Å²) in [6, 6.07) is 6.53. The van der Waals surface area contributed by atoms with Gasteiger partial charge in [0.05, 0.1) is 5.56 Å². The van der Waals surface area contributed by atoms with E-state index >= 15 is 0 Å². The molecule has 0 saturated carbocycles. The first-order valence-electron chi connectivity index (χ1n) is 6.15. The van der Waals surface area contributed by atoms with Crippen molar-refractivity contribution in [2.24, 2.45) is 0 Å². The zero-order chi connectivity index (χ0) is 13.1. The van der Waals surface area contributed by atoms with E-state index in [0.29, 0.717) is 16.9 Å². The Morgan fingerprint density at radius 1 is 1.39 bits per heavy atom. The summed E-state index contributed by atoms with van der Waals surface area (Å²) in [5.41, 5.74) is 6.85. The monoisotopic (exact) mass is 248 g/mol. The Morgan fingerprint density at radius 3 is 2.78 bits per heavy atom. The topological polar surface area (TPSA) is 52.0 Å². The lowest BCUT2D eigenvalue weighted by Gasteiger charge is -2.09. The molecule has 2 aromatic rings. The summed E-state index contributed by atoms with van der Waals surface area (Å²) in [4.78, 5) is 0. The van der Waals surface area contributed by atoms with Crippen molar-refractivity contribution in [3.05, 3.63) is 35.8 Å². The SMILES string of the molecule is CCCC(C)c1onc(N)c1-c1ccccc1F. The highest BCUT2D eigenvalue weighted by Gasteiger charge is 2.22. The van der Waals surface area contributed by atoms with Gasteiger partial charge in [0.15, 0.2) is 5.82 Å². The number of benzene rings is 1. The standard InChI is InChI=1S/C14H17FN2O/c1-3-6-9(2)13-12(14(16)17-18-13)10-7-4-5-8-11(10)15/h4-5,7-9H,3,6H2,1-2H3,(H2,16,17). The number of hydrogen-bond acceptors (Lipinski definition) is 3. The van der Waals surface area contributed by atoms with Crippen molar-refractivity contribution in [1.29, 1.82) is 0 Å². The number of rotatable bonds is 4. The van der Waals surface area contributed by atoms with Crippen LogP contribution in [-0.4, -0.2) is 5.16 Å². The second-order valence-corrected chi connectivity index (χ2v) is 4.48. The smallest absolute Gasteiger partial charge is 0.175 e. The van der Waals surface area contributed by atoms with E-state index in [1.807, 2.05) is 6.92 Å². The van der Waals surface area contributed by atoms with Gasteiger partial charge in [-0.05, 0) is 12.5 Å². The van der Waals surface area contributed by atoms with E-state index in [9.17, 15) is 4.39 Å². The van der Waals surface area contributed by atoms with Crippen molar-refractivity contribution in [3.63, 3.8) is 0 Å². The molecule has 0 amide bonds. The third kappa shape index (κ3) is 2.23. The highest BCUT2D eigenvalue weighted by atomic mass is 19.1. The van der Waals surface area contributed by atoms with Crippen LogP contribution in [0.3, 0.4) is 0 Å². The Balaban J connectivity index is 2.51. The zero-order valence-corrected chi connectivity index (χ0v) is 10.6. The molecule has 1 aromatic carbocycles. The molecule has 0 spiro atoms. The molecule has 0 aliphatic carbocycles. The molecular weight excluding hydrogens is 231 g/mol. The molecule has 0 fully saturated rings. The number of nitrogens with zero attached hydrogens (tertiary/aromatic N) is 1. The van der Waals surface area contributed by atoms with Crippen LogP contribution in [0.2, 0.25) is 0 Å². The van der Waals surface area contributed by atoms with E-state index < -0.39 is 0 Å². The molecule has 1 unspecified atom stereocenters. The Bertz CT molecular complexity index is 536. The van der Waals surface area contributed by atoms with Gasteiger partial charge >= 0.3 is 0 Å². The molecule has 0 saturated heterocycles. The van der Waals surface area contributed by atoms with Crippen LogP contribution in [0.5, 0.6) is 0 Å². The summed E-state index contributed by atoms with van der Waals surface area (Å²) in [5, 5.41) is 3.77. The molecule has 18 heavy (non-hydrogen) atoms. The molecule has 0 radical (unpaired) electrons. The average molecular weight is 248 g/mol. The number of halogens is 1. The summed E-state index contributed by atoms with van der Waals surface area (Å²) in [5.74, 6) is 0.782. The largest absolute Gasteiger partial charge is 0.380 e. The maximum Gasteiger partial charge on any atom is 0.175 e. The van der Waals surface area contributed by atoms with Crippen LogP contribution < -0.4 is 5.73 Å². The zero-order valence-electron chi connectivity index (χ0n) is 10.6. The molecule has 0 bridgehead atoms. The second kappa shape index (κ2) is 5.21. The minimum atomic E-state index is -0.308. The van der Waals surface area contributed by atoms with Crippen molar-refractivity contribution in [1.82, 2.24) is 5.16 Å². The van der Waals surface area contributed by atoms with E-state index in [4.69, 9.17) is 10.3 Å². The summed E-state index contributed by atoms with van der Waals surface area (Å²) in [7, 11) is 0. The molecule has 1 atom stereocenters. The average Bonchev–Trinajstić information content (AvgIpc) is 2.72. The second-order valence-electron chi connectivity index (χ2n) is 4.48. The van der Waals surface area contributed by atoms with Gasteiger partial charge in [-0.25, -0.2) is 4.39 Å². The van der Waals surface area contributed by atoms with Gasteiger partial charge in [-0.2, -0.15) is 0 Å². The van der Waals surface area contributed by atoms with E-state index in [1.165, 1.54) is 6.07 Å². The third-order valence-electron chi connectivity index (χ3n) is 3.06. The van der Waals surface area contributed by atoms with Crippen molar-refractivity contribution < 1.29 is 8.91 Å². The molecule has 1 heterocycles. The van der Waals surface area contributed by atoms with E-state index in [2.05, 4.69) is 12.1 Å². The third-order valence-corrected chi connectivity index (χ3v) is 3.06.